The predicted octanol–water partition coefficient (Wildman–Crippen LogP) is 3.71. The Morgan fingerprint density at radius 3 is 2.45 bits per heavy atom. The van der Waals surface area contributed by atoms with Gasteiger partial charge in [-0.2, -0.15) is 0 Å². The fourth-order valence-electron chi connectivity index (χ4n) is 5.27. The molecule has 2 saturated heterocycles. The summed E-state index contributed by atoms with van der Waals surface area (Å²) in [6.45, 7) is 7.59. The third-order valence-corrected chi connectivity index (χ3v) is 8.44. The van der Waals surface area contributed by atoms with Crippen molar-refractivity contribution < 1.29 is 14.3 Å². The number of hydrogen-bond acceptors (Lipinski definition) is 6. The van der Waals surface area contributed by atoms with Crippen LogP contribution in [0.5, 0.6) is 0 Å². The molecule has 1 saturated carbocycles. The van der Waals surface area contributed by atoms with Gasteiger partial charge in [0.05, 0.1) is 6.61 Å². The summed E-state index contributed by atoms with van der Waals surface area (Å²) in [5.74, 6) is 0.462. The molecule has 1 atom stereocenters. The molecular weight excluding hydrogens is 436 g/mol. The van der Waals surface area contributed by atoms with Gasteiger partial charge in [0.2, 0.25) is 5.91 Å². The quantitative estimate of drug-likeness (QED) is 0.669. The van der Waals surface area contributed by atoms with Crippen molar-refractivity contribution in [2.75, 3.05) is 45.9 Å². The van der Waals surface area contributed by atoms with Gasteiger partial charge in [0.1, 0.15) is 5.01 Å². The number of piperidine rings is 1. The molecule has 7 nitrogen and oxygen atoms in total. The van der Waals surface area contributed by atoms with Gasteiger partial charge < -0.3 is 14.5 Å². The van der Waals surface area contributed by atoms with E-state index in [0.717, 1.165) is 43.9 Å². The maximum Gasteiger partial charge on any atom is 0.409 e. The molecule has 2 amide bonds. The van der Waals surface area contributed by atoms with Crippen LogP contribution in [-0.4, -0.2) is 77.6 Å². The van der Waals surface area contributed by atoms with Crippen molar-refractivity contribution in [1.82, 2.24) is 19.7 Å². The molecule has 1 spiro atoms. The number of likely N-dealkylation sites (tertiary alicyclic amines) is 1. The smallest absolute Gasteiger partial charge is 0.409 e. The molecule has 8 heteroatoms. The van der Waals surface area contributed by atoms with Crippen molar-refractivity contribution in [1.29, 1.82) is 0 Å². The molecule has 1 aliphatic carbocycles. The number of aromatic nitrogens is 1. The van der Waals surface area contributed by atoms with E-state index in [2.05, 4.69) is 22.0 Å². The molecule has 0 radical (unpaired) electrons. The van der Waals surface area contributed by atoms with Crippen LogP contribution in [0.25, 0.3) is 10.6 Å². The maximum atomic E-state index is 13.1. The second-order valence-corrected chi connectivity index (χ2v) is 10.5. The zero-order chi connectivity index (χ0) is 22.8. The summed E-state index contributed by atoms with van der Waals surface area (Å²) in [6.07, 6.45) is 4.96. The van der Waals surface area contributed by atoms with Gasteiger partial charge in [0.15, 0.2) is 0 Å². The van der Waals surface area contributed by atoms with Crippen LogP contribution >= 0.6 is 11.3 Å². The number of carbonyl (C=O) groups is 2. The third kappa shape index (κ3) is 4.77. The highest BCUT2D eigenvalue weighted by molar-refractivity contribution is 7.15. The van der Waals surface area contributed by atoms with Gasteiger partial charge in [0, 0.05) is 55.3 Å². The Labute approximate surface area is 199 Å². The lowest BCUT2D eigenvalue weighted by Gasteiger charge is -2.36. The summed E-state index contributed by atoms with van der Waals surface area (Å²) >= 11 is 1.77. The van der Waals surface area contributed by atoms with Gasteiger partial charge in [-0.3, -0.25) is 9.69 Å². The van der Waals surface area contributed by atoms with E-state index < -0.39 is 0 Å². The monoisotopic (exact) mass is 468 g/mol. The standard InChI is InChI=1S/C25H32N4O3S/c1-2-32-24(31)29-14-12-28(13-15-29)23(30)21-16-25(21)8-10-27(11-9-25)18-20-17-26-22(33-20)19-6-4-3-5-7-19/h3-7,17,21H,2,8-16,18H2,1H3. The number of amides is 2. The van der Waals surface area contributed by atoms with E-state index in [9.17, 15) is 9.59 Å². The van der Waals surface area contributed by atoms with Gasteiger partial charge >= 0.3 is 6.09 Å². The van der Waals surface area contributed by atoms with Crippen LogP contribution in [0.4, 0.5) is 4.79 Å². The van der Waals surface area contributed by atoms with E-state index in [0.29, 0.717) is 38.7 Å². The highest BCUT2D eigenvalue weighted by atomic mass is 32.1. The second kappa shape index (κ2) is 9.43. The summed E-state index contributed by atoms with van der Waals surface area (Å²) in [4.78, 5) is 37.1. The second-order valence-electron chi connectivity index (χ2n) is 9.40. The number of piperazine rings is 1. The van der Waals surface area contributed by atoms with Crippen LogP contribution in [0, 0.1) is 11.3 Å². The molecule has 0 bridgehead atoms. The highest BCUT2D eigenvalue weighted by Crippen LogP contribution is 2.60. The minimum atomic E-state index is -0.267. The van der Waals surface area contributed by atoms with Gasteiger partial charge in [-0.25, -0.2) is 9.78 Å². The van der Waals surface area contributed by atoms with Crippen molar-refractivity contribution >= 4 is 23.3 Å². The fraction of sp³-hybridized carbons (Fsp3) is 0.560. The van der Waals surface area contributed by atoms with E-state index >= 15 is 0 Å². The van der Waals surface area contributed by atoms with Crippen molar-refractivity contribution in [3.63, 3.8) is 0 Å². The number of thiazole rings is 1. The molecule has 176 valence electrons. The summed E-state index contributed by atoms with van der Waals surface area (Å²) in [7, 11) is 0. The van der Waals surface area contributed by atoms with Gasteiger partial charge in [-0.1, -0.05) is 30.3 Å². The molecule has 3 aliphatic rings. The molecule has 1 unspecified atom stereocenters. The Morgan fingerprint density at radius 1 is 1.06 bits per heavy atom. The lowest BCUT2D eigenvalue weighted by Crippen LogP contribution is -2.51. The predicted molar refractivity (Wildman–Crippen MR) is 128 cm³/mol. The van der Waals surface area contributed by atoms with Gasteiger partial charge in [0.25, 0.3) is 0 Å². The van der Waals surface area contributed by atoms with Crippen LogP contribution in [0.1, 0.15) is 31.1 Å². The number of ether oxygens (including phenoxy) is 1. The lowest BCUT2D eigenvalue weighted by atomic mass is 9.90. The van der Waals surface area contributed by atoms with Crippen LogP contribution in [0.15, 0.2) is 36.5 Å². The minimum absolute atomic E-state index is 0.168. The number of carbonyl (C=O) groups excluding carboxylic acids is 2. The Morgan fingerprint density at radius 2 is 1.76 bits per heavy atom. The summed E-state index contributed by atoms with van der Waals surface area (Å²) in [5, 5.41) is 1.08. The zero-order valence-corrected chi connectivity index (χ0v) is 20.1. The first kappa shape index (κ1) is 22.3. The topological polar surface area (TPSA) is 66.0 Å². The first-order chi connectivity index (χ1) is 16.1. The first-order valence-corrected chi connectivity index (χ1v) is 12.8. The number of rotatable bonds is 5. The number of nitrogens with zero attached hydrogens (tertiary/aromatic N) is 4. The molecule has 5 rings (SSSR count). The van der Waals surface area contributed by atoms with Crippen molar-refractivity contribution in [3.05, 3.63) is 41.4 Å². The summed E-state index contributed by atoms with van der Waals surface area (Å²) in [5.41, 5.74) is 1.38. The molecule has 3 heterocycles. The van der Waals surface area contributed by atoms with E-state index in [1.54, 1.807) is 16.2 Å². The third-order valence-electron chi connectivity index (χ3n) is 7.41. The highest BCUT2D eigenvalue weighted by Gasteiger charge is 2.59. The van der Waals surface area contributed by atoms with Gasteiger partial charge in [-0.05, 0) is 44.7 Å². The summed E-state index contributed by atoms with van der Waals surface area (Å²) in [6, 6.07) is 10.3. The van der Waals surface area contributed by atoms with E-state index in [1.165, 1.54) is 10.4 Å². The molecule has 2 aliphatic heterocycles. The Balaban J connectivity index is 1.09. The average molecular weight is 469 g/mol. The van der Waals surface area contributed by atoms with Crippen LogP contribution in [-0.2, 0) is 16.1 Å². The summed E-state index contributed by atoms with van der Waals surface area (Å²) < 4.78 is 5.08. The van der Waals surface area contributed by atoms with E-state index in [1.807, 2.05) is 36.2 Å². The van der Waals surface area contributed by atoms with Crippen molar-refractivity contribution in [2.24, 2.45) is 11.3 Å². The minimum Gasteiger partial charge on any atom is -0.450 e. The van der Waals surface area contributed by atoms with E-state index in [4.69, 9.17) is 4.74 Å². The van der Waals surface area contributed by atoms with Crippen LogP contribution in [0.3, 0.4) is 0 Å². The molecule has 3 fully saturated rings. The molecule has 1 aromatic carbocycles. The van der Waals surface area contributed by atoms with Crippen molar-refractivity contribution in [2.45, 2.75) is 32.7 Å². The van der Waals surface area contributed by atoms with Crippen molar-refractivity contribution in [3.8, 4) is 10.6 Å². The van der Waals surface area contributed by atoms with Gasteiger partial charge in [-0.15, -0.1) is 11.3 Å². The molecule has 33 heavy (non-hydrogen) atoms. The average Bonchev–Trinajstić information content (AvgIpc) is 3.34. The molecule has 1 aromatic heterocycles. The Kier molecular flexibility index (Phi) is 6.38. The molecule has 0 N–H and O–H groups in total. The number of benzene rings is 1. The van der Waals surface area contributed by atoms with E-state index in [-0.39, 0.29) is 17.4 Å². The van der Waals surface area contributed by atoms with Crippen LogP contribution in [0.2, 0.25) is 0 Å². The lowest BCUT2D eigenvalue weighted by molar-refractivity contribution is -0.135. The Bertz CT molecular complexity index is 979. The Hall–Kier alpha value is -2.45. The van der Waals surface area contributed by atoms with Crippen LogP contribution < -0.4 is 0 Å². The maximum absolute atomic E-state index is 13.1. The largest absolute Gasteiger partial charge is 0.450 e. The normalized spacial score (nSPS) is 22.4. The zero-order valence-electron chi connectivity index (χ0n) is 19.2. The number of hydrogen-bond donors (Lipinski definition) is 0. The fourth-order valence-corrected chi connectivity index (χ4v) is 6.23. The molecule has 2 aromatic rings. The first-order valence-electron chi connectivity index (χ1n) is 12.0. The molecular formula is C25H32N4O3S. The SMILES string of the molecule is CCOC(=O)N1CCN(C(=O)C2CC23CCN(Cc2cnc(-c4ccccc4)s2)CC3)CC1.